The van der Waals surface area contributed by atoms with Gasteiger partial charge in [-0.2, -0.15) is 23.5 Å². The molecule has 1 aliphatic carbocycles. The first-order chi connectivity index (χ1) is 19.2. The lowest BCUT2D eigenvalue weighted by atomic mass is 9.86. The van der Waals surface area contributed by atoms with Crippen molar-refractivity contribution in [2.75, 3.05) is 49.1 Å². The molecule has 4 heterocycles. The Morgan fingerprint density at radius 1 is 1.07 bits per heavy atom. The second-order valence-corrected chi connectivity index (χ2v) is 10.6. The standard InChI is InChI=1S/C27H32F3N7O3/c28-27(29,30)24-22(16-33-34-25(24)38)37-9-1-2-20(37)17-40-21-6-4-19(5-7-21)26(39)36-12-10-35(11-13-36)23-8-3-18(14-31)15-32-23/h3,8,15-16,19-21H,1-2,4-7,9-13,17H2,(H,34,38)/t19-,20-,21+/m0/s1. The maximum absolute atomic E-state index is 13.6. The Kier molecular flexibility index (Phi) is 8.25. The van der Waals surface area contributed by atoms with Crippen molar-refractivity contribution in [1.29, 1.82) is 5.26 Å². The summed E-state index contributed by atoms with van der Waals surface area (Å²) in [7, 11) is 0. The lowest BCUT2D eigenvalue weighted by molar-refractivity contribution is -0.139. The van der Waals surface area contributed by atoms with Gasteiger partial charge in [0, 0.05) is 44.8 Å². The van der Waals surface area contributed by atoms with Crippen molar-refractivity contribution in [1.82, 2.24) is 20.1 Å². The number of amides is 1. The summed E-state index contributed by atoms with van der Waals surface area (Å²) in [5.41, 5.74) is -2.15. The Balaban J connectivity index is 1.09. The summed E-state index contributed by atoms with van der Waals surface area (Å²) in [6.07, 6.45) is 2.03. The minimum Gasteiger partial charge on any atom is -0.376 e. The van der Waals surface area contributed by atoms with Gasteiger partial charge in [0.1, 0.15) is 17.5 Å². The fraction of sp³-hybridized carbons (Fsp3) is 0.593. The van der Waals surface area contributed by atoms with Crippen LogP contribution in [0.25, 0.3) is 0 Å². The Labute approximate surface area is 229 Å². The summed E-state index contributed by atoms with van der Waals surface area (Å²) in [5.74, 6) is 0.905. The van der Waals surface area contributed by atoms with Crippen LogP contribution in [0.15, 0.2) is 29.3 Å². The Morgan fingerprint density at radius 3 is 2.48 bits per heavy atom. The van der Waals surface area contributed by atoms with Crippen molar-refractivity contribution in [3.63, 3.8) is 0 Å². The minimum absolute atomic E-state index is 0.0507. The van der Waals surface area contributed by atoms with E-state index in [0.29, 0.717) is 64.0 Å². The molecule has 2 aromatic heterocycles. The van der Waals surface area contributed by atoms with Gasteiger partial charge in [0.25, 0.3) is 5.56 Å². The summed E-state index contributed by atoms with van der Waals surface area (Å²) in [4.78, 5) is 35.1. The molecule has 10 nitrogen and oxygen atoms in total. The van der Waals surface area contributed by atoms with E-state index in [1.807, 2.05) is 16.1 Å². The number of pyridine rings is 1. The first-order valence-corrected chi connectivity index (χ1v) is 13.7. The number of halogens is 3. The molecule has 3 aliphatic rings. The van der Waals surface area contributed by atoms with Crippen LogP contribution in [0.5, 0.6) is 0 Å². The summed E-state index contributed by atoms with van der Waals surface area (Å²) >= 11 is 0. The maximum Gasteiger partial charge on any atom is 0.423 e. The van der Waals surface area contributed by atoms with Crippen LogP contribution in [0.3, 0.4) is 0 Å². The molecule has 5 rings (SSSR count). The van der Waals surface area contributed by atoms with Gasteiger partial charge in [-0.25, -0.2) is 10.1 Å². The summed E-state index contributed by atoms with van der Waals surface area (Å²) in [6, 6.07) is 5.36. The average molecular weight is 560 g/mol. The Hall–Kier alpha value is -3.66. The molecule has 0 unspecified atom stereocenters. The van der Waals surface area contributed by atoms with Crippen molar-refractivity contribution < 1.29 is 22.7 Å². The molecule has 2 aromatic rings. The Bertz CT molecular complexity index is 1280. The molecule has 13 heteroatoms. The minimum atomic E-state index is -4.78. The highest BCUT2D eigenvalue weighted by molar-refractivity contribution is 5.79. The molecule has 1 N–H and O–H groups in total. The molecule has 3 fully saturated rings. The normalized spacial score (nSPS) is 23.8. The lowest BCUT2D eigenvalue weighted by Gasteiger charge is -2.38. The highest BCUT2D eigenvalue weighted by atomic mass is 19.4. The number of piperazine rings is 1. The third kappa shape index (κ3) is 6.06. The predicted octanol–water partition coefficient (Wildman–Crippen LogP) is 2.95. The van der Waals surface area contributed by atoms with Crippen molar-refractivity contribution >= 4 is 17.4 Å². The SMILES string of the molecule is N#Cc1ccc(N2CCN(C(=O)[C@H]3CC[C@@H](OC[C@@H]4CCCN4c4cn[nH]c(=O)c4C(F)(F)F)CC3)CC2)nc1. The third-order valence-corrected chi connectivity index (χ3v) is 8.15. The van der Waals surface area contributed by atoms with Gasteiger partial charge in [0.2, 0.25) is 5.91 Å². The molecule has 0 bridgehead atoms. The van der Waals surface area contributed by atoms with Crippen LogP contribution in [0.2, 0.25) is 0 Å². The quantitative estimate of drug-likeness (QED) is 0.574. The molecular formula is C27H32F3N7O3. The number of nitriles is 1. The number of carbonyl (C=O) groups is 1. The number of nitrogens with one attached hydrogen (secondary N) is 1. The molecule has 2 aliphatic heterocycles. The van der Waals surface area contributed by atoms with E-state index in [-0.39, 0.29) is 36.3 Å². The van der Waals surface area contributed by atoms with E-state index in [9.17, 15) is 22.8 Å². The zero-order chi connectivity index (χ0) is 28.3. The van der Waals surface area contributed by atoms with Gasteiger partial charge < -0.3 is 19.4 Å². The number of aromatic amines is 1. The average Bonchev–Trinajstić information content (AvgIpc) is 3.44. The van der Waals surface area contributed by atoms with Gasteiger partial charge in [-0.1, -0.05) is 0 Å². The summed E-state index contributed by atoms with van der Waals surface area (Å²) < 4.78 is 46.9. The molecular weight excluding hydrogens is 527 g/mol. The first kappa shape index (κ1) is 27.9. The molecule has 2 saturated heterocycles. The highest BCUT2D eigenvalue weighted by Gasteiger charge is 2.41. The monoisotopic (exact) mass is 559 g/mol. The number of aromatic nitrogens is 3. The second-order valence-electron chi connectivity index (χ2n) is 10.6. The van der Waals surface area contributed by atoms with Crippen molar-refractivity contribution in [3.8, 4) is 6.07 Å². The van der Waals surface area contributed by atoms with Gasteiger partial charge in [-0.3, -0.25) is 9.59 Å². The number of H-pyrrole nitrogens is 1. The number of anilines is 2. The van der Waals surface area contributed by atoms with Crippen LogP contribution in [-0.4, -0.2) is 77.5 Å². The van der Waals surface area contributed by atoms with Crippen LogP contribution >= 0.6 is 0 Å². The fourth-order valence-electron chi connectivity index (χ4n) is 5.98. The van der Waals surface area contributed by atoms with E-state index in [2.05, 4.69) is 21.1 Å². The zero-order valence-corrected chi connectivity index (χ0v) is 22.1. The van der Waals surface area contributed by atoms with E-state index >= 15 is 0 Å². The molecule has 1 saturated carbocycles. The molecule has 1 amide bonds. The zero-order valence-electron chi connectivity index (χ0n) is 22.1. The molecule has 214 valence electrons. The van der Waals surface area contributed by atoms with Crippen LogP contribution in [-0.2, 0) is 15.7 Å². The predicted molar refractivity (Wildman–Crippen MR) is 140 cm³/mol. The molecule has 0 aromatic carbocycles. The number of rotatable bonds is 6. The van der Waals surface area contributed by atoms with E-state index < -0.39 is 17.3 Å². The van der Waals surface area contributed by atoms with E-state index in [4.69, 9.17) is 10.00 Å². The molecule has 40 heavy (non-hydrogen) atoms. The highest BCUT2D eigenvalue weighted by Crippen LogP contribution is 2.37. The number of hydrogen-bond donors (Lipinski definition) is 1. The van der Waals surface area contributed by atoms with E-state index in [0.717, 1.165) is 24.9 Å². The number of ether oxygens (including phenoxy) is 1. The van der Waals surface area contributed by atoms with Gasteiger partial charge in [-0.15, -0.1) is 0 Å². The first-order valence-electron chi connectivity index (χ1n) is 13.7. The van der Waals surface area contributed by atoms with Crippen molar-refractivity contribution in [2.24, 2.45) is 5.92 Å². The van der Waals surface area contributed by atoms with Gasteiger partial charge in [0.05, 0.1) is 36.2 Å². The van der Waals surface area contributed by atoms with Gasteiger partial charge in [-0.05, 0) is 50.7 Å². The number of hydrogen-bond acceptors (Lipinski definition) is 8. The Morgan fingerprint density at radius 2 is 1.82 bits per heavy atom. The number of carbonyl (C=O) groups excluding carboxylic acids is 1. The fourth-order valence-corrected chi connectivity index (χ4v) is 5.98. The van der Waals surface area contributed by atoms with Crippen molar-refractivity contribution in [3.05, 3.63) is 46.0 Å². The number of alkyl halides is 3. The topological polar surface area (TPSA) is 118 Å². The van der Waals surface area contributed by atoms with Crippen LogP contribution in [0.4, 0.5) is 24.7 Å². The largest absolute Gasteiger partial charge is 0.423 e. The van der Waals surface area contributed by atoms with Crippen LogP contribution in [0, 0.1) is 17.2 Å². The molecule has 0 radical (unpaired) electrons. The maximum atomic E-state index is 13.6. The van der Waals surface area contributed by atoms with Gasteiger partial charge in [0.15, 0.2) is 0 Å². The van der Waals surface area contributed by atoms with E-state index in [1.54, 1.807) is 17.2 Å². The summed E-state index contributed by atoms with van der Waals surface area (Å²) in [6.45, 7) is 3.26. The van der Waals surface area contributed by atoms with Crippen LogP contribution < -0.4 is 15.4 Å². The van der Waals surface area contributed by atoms with Crippen molar-refractivity contribution in [2.45, 2.75) is 56.8 Å². The summed E-state index contributed by atoms with van der Waals surface area (Å²) in [5, 5.41) is 14.4. The smallest absolute Gasteiger partial charge is 0.376 e. The second kappa shape index (κ2) is 11.8. The number of nitrogens with zero attached hydrogens (tertiary/aromatic N) is 6. The van der Waals surface area contributed by atoms with Crippen LogP contribution in [0.1, 0.15) is 49.7 Å². The van der Waals surface area contributed by atoms with Gasteiger partial charge >= 0.3 is 6.18 Å². The van der Waals surface area contributed by atoms with E-state index in [1.165, 1.54) is 0 Å². The lowest BCUT2D eigenvalue weighted by Crippen LogP contribution is -2.51. The molecule has 1 atom stereocenters. The third-order valence-electron chi connectivity index (χ3n) is 8.15. The molecule has 0 spiro atoms.